The van der Waals surface area contributed by atoms with E-state index in [2.05, 4.69) is 22.4 Å². The van der Waals surface area contributed by atoms with Crippen LogP contribution in [0.2, 0.25) is 0 Å². The van der Waals surface area contributed by atoms with Gasteiger partial charge < -0.3 is 5.11 Å². The molecule has 0 amide bonds. The van der Waals surface area contributed by atoms with E-state index in [0.717, 1.165) is 18.7 Å². The maximum Gasteiger partial charge on any atom is 0.306 e. The first kappa shape index (κ1) is 14.0. The number of aromatic nitrogens is 4. The van der Waals surface area contributed by atoms with Crippen molar-refractivity contribution in [2.75, 3.05) is 0 Å². The summed E-state index contributed by atoms with van der Waals surface area (Å²) in [5.74, 6) is -0.209. The van der Waals surface area contributed by atoms with Crippen LogP contribution >= 0.6 is 0 Å². The number of nitrogens with zero attached hydrogens (tertiary/aromatic N) is 4. The second-order valence-corrected chi connectivity index (χ2v) is 5.87. The molecule has 0 bridgehead atoms. The minimum atomic E-state index is -0.765. The molecule has 0 aromatic carbocycles. The van der Waals surface area contributed by atoms with Gasteiger partial charge in [-0.1, -0.05) is 33.1 Å². The normalized spacial score (nSPS) is 20.1. The molecule has 1 N–H and O–H groups in total. The highest BCUT2D eigenvalue weighted by molar-refractivity contribution is 5.69. The fraction of sp³-hybridized carbons (Fsp3) is 0.846. The number of tetrazole rings is 1. The van der Waals surface area contributed by atoms with E-state index in [-0.39, 0.29) is 11.3 Å². The predicted molar refractivity (Wildman–Crippen MR) is 69.7 cm³/mol. The van der Waals surface area contributed by atoms with Gasteiger partial charge in [-0.15, -0.1) is 5.10 Å². The Morgan fingerprint density at radius 3 is 2.74 bits per heavy atom. The highest BCUT2D eigenvalue weighted by Crippen LogP contribution is 2.37. The van der Waals surface area contributed by atoms with Gasteiger partial charge in [0.15, 0.2) is 5.82 Å². The van der Waals surface area contributed by atoms with Crippen LogP contribution in [-0.4, -0.2) is 31.3 Å². The van der Waals surface area contributed by atoms with Crippen LogP contribution < -0.4 is 0 Å². The summed E-state index contributed by atoms with van der Waals surface area (Å²) < 4.78 is 1.80. The van der Waals surface area contributed by atoms with E-state index < -0.39 is 5.97 Å². The minimum absolute atomic E-state index is 0.0498. The maximum absolute atomic E-state index is 10.8. The van der Waals surface area contributed by atoms with Crippen molar-refractivity contribution in [2.24, 2.45) is 5.92 Å². The molecule has 6 nitrogen and oxygen atoms in total. The van der Waals surface area contributed by atoms with E-state index in [0.29, 0.717) is 13.0 Å². The Kier molecular flexibility index (Phi) is 4.17. The summed E-state index contributed by atoms with van der Waals surface area (Å²) in [6.45, 7) is 4.51. The lowest BCUT2D eigenvalue weighted by atomic mass is 9.75. The zero-order valence-corrected chi connectivity index (χ0v) is 11.7. The first-order chi connectivity index (χ1) is 9.03. The zero-order chi connectivity index (χ0) is 13.9. The highest BCUT2D eigenvalue weighted by atomic mass is 16.4. The smallest absolute Gasteiger partial charge is 0.306 e. The molecule has 1 aromatic rings. The number of carboxylic acids is 1. The summed E-state index contributed by atoms with van der Waals surface area (Å²) in [4.78, 5) is 10.8. The number of hydrogen-bond acceptors (Lipinski definition) is 4. The molecule has 1 unspecified atom stereocenters. The summed E-state index contributed by atoms with van der Waals surface area (Å²) in [5, 5.41) is 20.9. The summed E-state index contributed by atoms with van der Waals surface area (Å²) in [5.41, 5.74) is 0.0498. The SMILES string of the molecule is CC(CCn1nnnc1C1(C)CCCCC1)C(=O)O. The van der Waals surface area contributed by atoms with Crippen molar-refractivity contribution in [2.45, 2.75) is 64.3 Å². The molecule has 0 saturated heterocycles. The molecule has 1 fully saturated rings. The van der Waals surface area contributed by atoms with Crippen LogP contribution in [0.5, 0.6) is 0 Å². The van der Waals surface area contributed by atoms with Crippen molar-refractivity contribution >= 4 is 5.97 Å². The molecular weight excluding hydrogens is 244 g/mol. The maximum atomic E-state index is 10.8. The summed E-state index contributed by atoms with van der Waals surface area (Å²) in [7, 11) is 0. The van der Waals surface area contributed by atoms with E-state index in [1.165, 1.54) is 19.3 Å². The van der Waals surface area contributed by atoms with E-state index in [1.807, 2.05) is 0 Å². The van der Waals surface area contributed by atoms with Crippen LogP contribution in [0, 0.1) is 5.92 Å². The fourth-order valence-corrected chi connectivity index (χ4v) is 2.78. The van der Waals surface area contributed by atoms with E-state index >= 15 is 0 Å². The monoisotopic (exact) mass is 266 g/mol. The predicted octanol–water partition coefficient (Wildman–Crippen LogP) is 2.01. The Balaban J connectivity index is 2.07. The van der Waals surface area contributed by atoms with Gasteiger partial charge in [0.1, 0.15) is 0 Å². The third kappa shape index (κ3) is 3.11. The Hall–Kier alpha value is -1.46. The van der Waals surface area contributed by atoms with Crippen molar-refractivity contribution in [1.82, 2.24) is 20.2 Å². The Bertz CT molecular complexity index is 438. The van der Waals surface area contributed by atoms with Gasteiger partial charge >= 0.3 is 5.97 Å². The zero-order valence-electron chi connectivity index (χ0n) is 11.7. The quantitative estimate of drug-likeness (QED) is 0.881. The molecule has 1 aromatic heterocycles. The molecule has 6 heteroatoms. The van der Waals surface area contributed by atoms with Crippen molar-refractivity contribution < 1.29 is 9.90 Å². The number of hydrogen-bond donors (Lipinski definition) is 1. The molecule has 19 heavy (non-hydrogen) atoms. The second kappa shape index (κ2) is 5.67. The Labute approximate surface area is 113 Å². The van der Waals surface area contributed by atoms with Crippen LogP contribution in [0.15, 0.2) is 0 Å². The van der Waals surface area contributed by atoms with Crippen LogP contribution in [-0.2, 0) is 16.8 Å². The highest BCUT2D eigenvalue weighted by Gasteiger charge is 2.34. The van der Waals surface area contributed by atoms with Crippen molar-refractivity contribution in [1.29, 1.82) is 0 Å². The molecule has 2 rings (SSSR count). The van der Waals surface area contributed by atoms with Gasteiger partial charge in [0.05, 0.1) is 5.92 Å². The molecule has 106 valence electrons. The molecule has 1 heterocycles. The number of rotatable bonds is 5. The standard InChI is InChI=1S/C13H22N4O2/c1-10(11(18)19)6-9-17-12(14-15-16-17)13(2)7-4-3-5-8-13/h10H,3-9H2,1-2H3,(H,18,19). The molecule has 0 aliphatic heterocycles. The van der Waals surface area contributed by atoms with Crippen LogP contribution in [0.3, 0.4) is 0 Å². The van der Waals surface area contributed by atoms with Gasteiger partial charge in [-0.05, 0) is 29.7 Å². The molecule has 0 radical (unpaired) electrons. The van der Waals surface area contributed by atoms with Gasteiger partial charge in [-0.2, -0.15) is 0 Å². The number of carbonyl (C=O) groups is 1. The van der Waals surface area contributed by atoms with Crippen LogP contribution in [0.25, 0.3) is 0 Å². The van der Waals surface area contributed by atoms with Crippen molar-refractivity contribution in [3.8, 4) is 0 Å². The largest absolute Gasteiger partial charge is 0.481 e. The Morgan fingerprint density at radius 2 is 2.11 bits per heavy atom. The summed E-state index contributed by atoms with van der Waals surface area (Å²) >= 11 is 0. The second-order valence-electron chi connectivity index (χ2n) is 5.87. The van der Waals surface area contributed by atoms with Crippen molar-refractivity contribution in [3.63, 3.8) is 0 Å². The average Bonchev–Trinajstić information content (AvgIpc) is 2.85. The number of aryl methyl sites for hydroxylation is 1. The topological polar surface area (TPSA) is 80.9 Å². The molecule has 1 saturated carbocycles. The molecule has 1 aliphatic rings. The van der Waals surface area contributed by atoms with E-state index in [9.17, 15) is 4.79 Å². The number of carboxylic acid groups (broad SMARTS) is 1. The minimum Gasteiger partial charge on any atom is -0.481 e. The van der Waals surface area contributed by atoms with Gasteiger partial charge in [0, 0.05) is 12.0 Å². The number of aliphatic carboxylic acids is 1. The van der Waals surface area contributed by atoms with Gasteiger partial charge in [0.2, 0.25) is 0 Å². The van der Waals surface area contributed by atoms with Gasteiger partial charge in [-0.3, -0.25) is 4.79 Å². The third-order valence-corrected chi connectivity index (χ3v) is 4.22. The van der Waals surface area contributed by atoms with Crippen molar-refractivity contribution in [3.05, 3.63) is 5.82 Å². The molecule has 1 aliphatic carbocycles. The third-order valence-electron chi connectivity index (χ3n) is 4.22. The summed E-state index contributed by atoms with van der Waals surface area (Å²) in [6, 6.07) is 0. The lowest BCUT2D eigenvalue weighted by molar-refractivity contribution is -0.141. The lowest BCUT2D eigenvalue weighted by Crippen LogP contribution is -2.30. The Morgan fingerprint density at radius 1 is 1.42 bits per heavy atom. The summed E-state index contributed by atoms with van der Waals surface area (Å²) in [6.07, 6.45) is 6.50. The van der Waals surface area contributed by atoms with Crippen LogP contribution in [0.4, 0.5) is 0 Å². The molecule has 0 spiro atoms. The van der Waals surface area contributed by atoms with Gasteiger partial charge in [0.25, 0.3) is 0 Å². The first-order valence-corrected chi connectivity index (χ1v) is 7.02. The van der Waals surface area contributed by atoms with E-state index in [1.54, 1.807) is 11.6 Å². The molecular formula is C13H22N4O2. The molecule has 1 atom stereocenters. The average molecular weight is 266 g/mol. The first-order valence-electron chi connectivity index (χ1n) is 7.02. The van der Waals surface area contributed by atoms with Crippen LogP contribution in [0.1, 0.15) is 58.2 Å². The fourth-order valence-electron chi connectivity index (χ4n) is 2.78. The lowest BCUT2D eigenvalue weighted by Gasteiger charge is -2.32. The van der Waals surface area contributed by atoms with Gasteiger partial charge in [-0.25, -0.2) is 4.68 Å². The van der Waals surface area contributed by atoms with E-state index in [4.69, 9.17) is 5.11 Å².